The molecule has 0 amide bonds. The van der Waals surface area contributed by atoms with Crippen molar-refractivity contribution in [1.82, 2.24) is 10.3 Å². The molecule has 1 atom stereocenters. The number of nitrogens with zero attached hydrogens (tertiary/aromatic N) is 1. The second-order valence-electron chi connectivity index (χ2n) is 5.44. The van der Waals surface area contributed by atoms with E-state index in [9.17, 15) is 0 Å². The highest BCUT2D eigenvalue weighted by atomic mass is 16.5. The number of hydrogen-bond donors (Lipinski definition) is 1. The Hall–Kier alpha value is -1.61. The van der Waals surface area contributed by atoms with Crippen LogP contribution in [-0.2, 0) is 0 Å². The quantitative estimate of drug-likeness (QED) is 0.922. The zero-order chi connectivity index (χ0) is 13.9. The summed E-state index contributed by atoms with van der Waals surface area (Å²) in [4.78, 5) is 4.70. The van der Waals surface area contributed by atoms with Crippen LogP contribution in [0.1, 0.15) is 43.5 Å². The second kappa shape index (κ2) is 5.80. The van der Waals surface area contributed by atoms with E-state index in [1.807, 2.05) is 13.8 Å². The van der Waals surface area contributed by atoms with Gasteiger partial charge >= 0.3 is 0 Å². The van der Waals surface area contributed by atoms with Crippen molar-refractivity contribution in [2.75, 3.05) is 13.2 Å². The van der Waals surface area contributed by atoms with Gasteiger partial charge in [-0.15, -0.1) is 0 Å². The summed E-state index contributed by atoms with van der Waals surface area (Å²) in [5.41, 5.74) is 3.39. The number of benzene rings is 1. The van der Waals surface area contributed by atoms with Gasteiger partial charge in [0.1, 0.15) is 11.3 Å². The van der Waals surface area contributed by atoms with E-state index >= 15 is 0 Å². The van der Waals surface area contributed by atoms with Gasteiger partial charge in [0.05, 0.1) is 6.61 Å². The minimum atomic E-state index is 0.450. The molecule has 1 aliphatic heterocycles. The van der Waals surface area contributed by atoms with Gasteiger partial charge in [-0.25, -0.2) is 4.98 Å². The molecule has 1 aliphatic rings. The molecule has 0 spiro atoms. The van der Waals surface area contributed by atoms with Crippen molar-refractivity contribution >= 4 is 10.9 Å². The minimum absolute atomic E-state index is 0.450. The first-order chi connectivity index (χ1) is 9.79. The Morgan fingerprint density at radius 3 is 2.90 bits per heavy atom. The van der Waals surface area contributed by atoms with Crippen LogP contribution in [-0.4, -0.2) is 18.1 Å². The fourth-order valence-electron chi connectivity index (χ4n) is 3.00. The third-order valence-corrected chi connectivity index (χ3v) is 3.98. The third kappa shape index (κ3) is 2.50. The van der Waals surface area contributed by atoms with Gasteiger partial charge in [-0.1, -0.05) is 18.6 Å². The molecule has 2 aromatic rings. The van der Waals surface area contributed by atoms with Gasteiger partial charge in [-0.05, 0) is 50.9 Å². The first-order valence-electron chi connectivity index (χ1n) is 7.56. The zero-order valence-corrected chi connectivity index (χ0v) is 12.3. The van der Waals surface area contributed by atoms with E-state index < -0.39 is 0 Å². The second-order valence-corrected chi connectivity index (χ2v) is 5.44. The molecule has 0 radical (unpaired) electrons. The number of rotatable bonds is 3. The van der Waals surface area contributed by atoms with Crippen molar-refractivity contribution in [3.8, 4) is 5.75 Å². The Kier molecular flexibility index (Phi) is 3.88. The molecule has 0 saturated carbocycles. The minimum Gasteiger partial charge on any atom is -0.492 e. The van der Waals surface area contributed by atoms with Gasteiger partial charge in [-0.2, -0.15) is 0 Å². The van der Waals surface area contributed by atoms with E-state index in [-0.39, 0.29) is 0 Å². The van der Waals surface area contributed by atoms with E-state index in [1.54, 1.807) is 0 Å². The highest BCUT2D eigenvalue weighted by Crippen LogP contribution is 2.33. The summed E-state index contributed by atoms with van der Waals surface area (Å²) in [6.45, 7) is 5.82. The number of pyridine rings is 1. The van der Waals surface area contributed by atoms with Crippen LogP contribution in [0.3, 0.4) is 0 Å². The first-order valence-corrected chi connectivity index (χ1v) is 7.56. The number of aryl methyl sites for hydroxylation is 1. The molecule has 1 saturated heterocycles. The van der Waals surface area contributed by atoms with Crippen LogP contribution < -0.4 is 10.1 Å². The van der Waals surface area contributed by atoms with Crippen molar-refractivity contribution in [2.24, 2.45) is 0 Å². The predicted molar refractivity (Wildman–Crippen MR) is 82.2 cm³/mol. The molecule has 1 N–H and O–H groups in total. The molecular formula is C17H22N2O. The molecule has 3 heteroatoms. The molecule has 1 unspecified atom stereocenters. The van der Waals surface area contributed by atoms with Gasteiger partial charge in [0.15, 0.2) is 0 Å². The van der Waals surface area contributed by atoms with Crippen molar-refractivity contribution in [3.63, 3.8) is 0 Å². The highest BCUT2D eigenvalue weighted by molar-refractivity contribution is 5.88. The third-order valence-electron chi connectivity index (χ3n) is 3.98. The van der Waals surface area contributed by atoms with Crippen molar-refractivity contribution < 1.29 is 4.74 Å². The molecule has 20 heavy (non-hydrogen) atoms. The molecule has 3 rings (SSSR count). The van der Waals surface area contributed by atoms with Gasteiger partial charge in [0, 0.05) is 17.1 Å². The van der Waals surface area contributed by atoms with Crippen LogP contribution in [0.5, 0.6) is 5.75 Å². The van der Waals surface area contributed by atoms with Crippen LogP contribution in [0.4, 0.5) is 0 Å². The van der Waals surface area contributed by atoms with E-state index in [4.69, 9.17) is 9.72 Å². The van der Waals surface area contributed by atoms with E-state index in [1.165, 1.54) is 30.2 Å². The number of hydrogen-bond acceptors (Lipinski definition) is 3. The molecule has 1 aromatic carbocycles. The molecule has 3 nitrogen and oxygen atoms in total. The first kappa shape index (κ1) is 13.4. The largest absolute Gasteiger partial charge is 0.492 e. The standard InChI is InChI=1S/C17H22N2O/c1-3-20-16-10-9-13(15-6-4-5-11-18-15)14-8-7-12(2)19-17(14)16/h7-10,15,18H,3-6,11H2,1-2H3. The van der Waals surface area contributed by atoms with E-state index in [0.717, 1.165) is 23.5 Å². The summed E-state index contributed by atoms with van der Waals surface area (Å²) in [7, 11) is 0. The lowest BCUT2D eigenvalue weighted by molar-refractivity contribution is 0.343. The fourth-order valence-corrected chi connectivity index (χ4v) is 3.00. The van der Waals surface area contributed by atoms with Gasteiger partial charge in [-0.3, -0.25) is 0 Å². The van der Waals surface area contributed by atoms with Crippen LogP contribution in [0.2, 0.25) is 0 Å². The lowest BCUT2D eigenvalue weighted by atomic mass is 9.94. The number of fused-ring (bicyclic) bond motifs is 1. The van der Waals surface area contributed by atoms with Crippen LogP contribution in [0.15, 0.2) is 24.3 Å². The Balaban J connectivity index is 2.11. The maximum atomic E-state index is 5.73. The van der Waals surface area contributed by atoms with Crippen LogP contribution in [0, 0.1) is 6.92 Å². The molecule has 2 heterocycles. The smallest absolute Gasteiger partial charge is 0.145 e. The Morgan fingerprint density at radius 2 is 2.15 bits per heavy atom. The number of piperidine rings is 1. The average molecular weight is 270 g/mol. The van der Waals surface area contributed by atoms with E-state index in [2.05, 4.69) is 29.6 Å². The van der Waals surface area contributed by atoms with Crippen molar-refractivity contribution in [3.05, 3.63) is 35.5 Å². The molecule has 1 aromatic heterocycles. The molecule has 106 valence electrons. The van der Waals surface area contributed by atoms with E-state index in [0.29, 0.717) is 12.6 Å². The van der Waals surface area contributed by atoms with Gasteiger partial charge in [0.25, 0.3) is 0 Å². The number of aromatic nitrogens is 1. The lowest BCUT2D eigenvalue weighted by Crippen LogP contribution is -2.26. The summed E-state index contributed by atoms with van der Waals surface area (Å²) >= 11 is 0. The number of ether oxygens (including phenoxy) is 1. The average Bonchev–Trinajstić information content (AvgIpc) is 2.49. The molecule has 1 fully saturated rings. The Bertz CT molecular complexity index is 603. The van der Waals surface area contributed by atoms with Crippen molar-refractivity contribution in [1.29, 1.82) is 0 Å². The summed E-state index contributed by atoms with van der Waals surface area (Å²) in [6, 6.07) is 9.00. The highest BCUT2D eigenvalue weighted by Gasteiger charge is 2.18. The van der Waals surface area contributed by atoms with Crippen molar-refractivity contribution in [2.45, 2.75) is 39.2 Å². The normalized spacial score (nSPS) is 19.2. The zero-order valence-electron chi connectivity index (χ0n) is 12.3. The van der Waals surface area contributed by atoms with Gasteiger partial charge in [0.2, 0.25) is 0 Å². The molecular weight excluding hydrogens is 248 g/mol. The summed E-state index contributed by atoms with van der Waals surface area (Å²) in [5.74, 6) is 0.894. The summed E-state index contributed by atoms with van der Waals surface area (Å²) < 4.78 is 5.73. The maximum absolute atomic E-state index is 5.73. The monoisotopic (exact) mass is 270 g/mol. The maximum Gasteiger partial charge on any atom is 0.145 e. The number of nitrogens with one attached hydrogen (secondary N) is 1. The Morgan fingerprint density at radius 1 is 1.25 bits per heavy atom. The fraction of sp³-hybridized carbons (Fsp3) is 0.471. The van der Waals surface area contributed by atoms with Crippen LogP contribution >= 0.6 is 0 Å². The lowest BCUT2D eigenvalue weighted by Gasteiger charge is -2.25. The van der Waals surface area contributed by atoms with Gasteiger partial charge < -0.3 is 10.1 Å². The predicted octanol–water partition coefficient (Wildman–Crippen LogP) is 3.76. The van der Waals surface area contributed by atoms with Crippen LogP contribution in [0.25, 0.3) is 10.9 Å². The topological polar surface area (TPSA) is 34.1 Å². The Labute approximate surface area is 120 Å². The molecule has 0 aliphatic carbocycles. The summed E-state index contributed by atoms with van der Waals surface area (Å²) in [6.07, 6.45) is 3.78. The SMILES string of the molecule is CCOc1ccc(C2CCCCN2)c2ccc(C)nc12. The summed E-state index contributed by atoms with van der Waals surface area (Å²) in [5, 5.41) is 4.85. The molecule has 0 bridgehead atoms.